The van der Waals surface area contributed by atoms with Crippen LogP contribution >= 0.6 is 0 Å². The van der Waals surface area contributed by atoms with Gasteiger partial charge in [0.15, 0.2) is 5.96 Å². The minimum atomic E-state index is -4.29. The molecule has 1 aliphatic heterocycles. The van der Waals surface area contributed by atoms with Gasteiger partial charge in [0.2, 0.25) is 0 Å². The van der Waals surface area contributed by atoms with E-state index in [4.69, 9.17) is 0 Å². The van der Waals surface area contributed by atoms with Crippen LogP contribution < -0.4 is 10.6 Å². The maximum Gasteiger partial charge on any atom is 0.416 e. The maximum absolute atomic E-state index is 12.5. The van der Waals surface area contributed by atoms with Crippen LogP contribution in [-0.4, -0.2) is 44.1 Å². The lowest BCUT2D eigenvalue weighted by Crippen LogP contribution is -2.37. The van der Waals surface area contributed by atoms with Crippen LogP contribution in [0.5, 0.6) is 0 Å². The van der Waals surface area contributed by atoms with Gasteiger partial charge in [0, 0.05) is 20.1 Å². The van der Waals surface area contributed by atoms with E-state index in [9.17, 15) is 13.2 Å². The molecule has 1 aromatic carbocycles. The van der Waals surface area contributed by atoms with E-state index in [1.807, 2.05) is 0 Å². The van der Waals surface area contributed by atoms with Crippen LogP contribution in [-0.2, 0) is 12.7 Å². The number of nitrogens with zero attached hydrogens (tertiary/aromatic N) is 2. The molecule has 4 nitrogen and oxygen atoms in total. The Balaban J connectivity index is 1.64. The molecule has 1 aliphatic rings. The van der Waals surface area contributed by atoms with Gasteiger partial charge in [-0.25, -0.2) is 0 Å². The van der Waals surface area contributed by atoms with Crippen molar-refractivity contribution in [3.05, 3.63) is 35.4 Å². The van der Waals surface area contributed by atoms with Gasteiger partial charge in [0.05, 0.1) is 5.56 Å². The summed E-state index contributed by atoms with van der Waals surface area (Å²) in [6.45, 7) is 4.87. The molecule has 25 heavy (non-hydrogen) atoms. The lowest BCUT2D eigenvalue weighted by molar-refractivity contribution is -0.137. The molecule has 0 amide bonds. The molecule has 2 N–H and O–H groups in total. The SMILES string of the molecule is CN=C(NCCCCN1CCCC1)NCc1ccc(C(F)(F)F)cc1. The molecule has 1 aromatic rings. The van der Waals surface area contributed by atoms with E-state index in [0.29, 0.717) is 12.5 Å². The molecule has 1 saturated heterocycles. The largest absolute Gasteiger partial charge is 0.416 e. The number of alkyl halides is 3. The Kier molecular flexibility index (Phi) is 7.55. The third kappa shape index (κ3) is 6.94. The normalized spacial score (nSPS) is 16.2. The van der Waals surface area contributed by atoms with E-state index in [2.05, 4.69) is 20.5 Å². The maximum atomic E-state index is 12.5. The minimum Gasteiger partial charge on any atom is -0.356 e. The van der Waals surface area contributed by atoms with Crippen LogP contribution in [0.4, 0.5) is 13.2 Å². The molecule has 0 saturated carbocycles. The fraction of sp³-hybridized carbons (Fsp3) is 0.611. The first kappa shape index (κ1) is 19.6. The number of likely N-dealkylation sites (tertiary alicyclic amines) is 1. The van der Waals surface area contributed by atoms with E-state index in [-0.39, 0.29) is 0 Å². The average Bonchev–Trinajstić information content (AvgIpc) is 3.10. The van der Waals surface area contributed by atoms with Crippen LogP contribution in [0.25, 0.3) is 0 Å². The second kappa shape index (κ2) is 9.65. The van der Waals surface area contributed by atoms with E-state index < -0.39 is 11.7 Å². The zero-order valence-electron chi connectivity index (χ0n) is 14.7. The van der Waals surface area contributed by atoms with Crippen molar-refractivity contribution >= 4 is 5.96 Å². The summed E-state index contributed by atoms with van der Waals surface area (Å²) in [5.74, 6) is 0.668. The van der Waals surface area contributed by atoms with Crippen molar-refractivity contribution in [2.75, 3.05) is 33.2 Å². The third-order valence-electron chi connectivity index (χ3n) is 4.36. The first-order valence-corrected chi connectivity index (χ1v) is 8.82. The Bertz CT molecular complexity index is 534. The first-order chi connectivity index (χ1) is 12.0. The number of guanidine groups is 1. The number of benzene rings is 1. The van der Waals surface area contributed by atoms with Gasteiger partial charge in [0.1, 0.15) is 0 Å². The molecule has 1 heterocycles. The highest BCUT2D eigenvalue weighted by Gasteiger charge is 2.29. The summed E-state index contributed by atoms with van der Waals surface area (Å²) in [4.78, 5) is 6.64. The molecule has 1 fully saturated rings. The summed E-state index contributed by atoms with van der Waals surface area (Å²) in [6, 6.07) is 5.18. The summed E-state index contributed by atoms with van der Waals surface area (Å²) in [6.07, 6.45) is 0.566. The van der Waals surface area contributed by atoms with Gasteiger partial charge in [-0.05, 0) is 63.0 Å². The summed E-state index contributed by atoms with van der Waals surface area (Å²) in [5.41, 5.74) is 0.154. The zero-order valence-corrected chi connectivity index (χ0v) is 14.7. The minimum absolute atomic E-state index is 0.436. The molecular formula is C18H27F3N4. The Labute approximate surface area is 147 Å². The molecule has 0 bridgehead atoms. The summed E-state index contributed by atoms with van der Waals surface area (Å²) in [7, 11) is 1.69. The second-order valence-corrected chi connectivity index (χ2v) is 6.30. The van der Waals surface area contributed by atoms with Gasteiger partial charge in [-0.15, -0.1) is 0 Å². The number of rotatable bonds is 7. The smallest absolute Gasteiger partial charge is 0.356 e. The summed E-state index contributed by atoms with van der Waals surface area (Å²) < 4.78 is 37.6. The van der Waals surface area contributed by atoms with Crippen molar-refractivity contribution in [3.8, 4) is 0 Å². The Morgan fingerprint density at radius 1 is 1.08 bits per heavy atom. The molecule has 0 unspecified atom stereocenters. The van der Waals surface area contributed by atoms with Crippen molar-refractivity contribution in [2.24, 2.45) is 4.99 Å². The van der Waals surface area contributed by atoms with Crippen LogP contribution in [0.15, 0.2) is 29.3 Å². The van der Waals surface area contributed by atoms with Crippen molar-refractivity contribution in [3.63, 3.8) is 0 Å². The molecular weight excluding hydrogens is 329 g/mol. The Hall–Kier alpha value is -1.76. The van der Waals surface area contributed by atoms with Crippen LogP contribution in [0, 0.1) is 0 Å². The predicted molar refractivity (Wildman–Crippen MR) is 94.6 cm³/mol. The number of halogens is 3. The second-order valence-electron chi connectivity index (χ2n) is 6.30. The average molecular weight is 356 g/mol. The van der Waals surface area contributed by atoms with Gasteiger partial charge in [-0.2, -0.15) is 13.2 Å². The molecule has 0 aliphatic carbocycles. The van der Waals surface area contributed by atoms with E-state index in [1.165, 1.54) is 38.1 Å². The molecule has 0 radical (unpaired) electrons. The quantitative estimate of drug-likeness (QED) is 0.448. The van der Waals surface area contributed by atoms with Crippen LogP contribution in [0.1, 0.15) is 36.8 Å². The number of unbranched alkanes of at least 4 members (excludes halogenated alkanes) is 1. The van der Waals surface area contributed by atoms with Crippen molar-refractivity contribution < 1.29 is 13.2 Å². The van der Waals surface area contributed by atoms with Gasteiger partial charge in [-0.3, -0.25) is 4.99 Å². The summed E-state index contributed by atoms with van der Waals surface area (Å²) in [5, 5.41) is 6.36. The fourth-order valence-corrected chi connectivity index (χ4v) is 2.89. The molecule has 0 spiro atoms. The third-order valence-corrected chi connectivity index (χ3v) is 4.36. The number of nitrogens with one attached hydrogen (secondary N) is 2. The fourth-order valence-electron chi connectivity index (χ4n) is 2.89. The number of hydrogen-bond acceptors (Lipinski definition) is 2. The lowest BCUT2D eigenvalue weighted by atomic mass is 10.1. The van der Waals surface area contributed by atoms with Gasteiger partial charge in [0.25, 0.3) is 0 Å². The van der Waals surface area contributed by atoms with Crippen LogP contribution in [0.3, 0.4) is 0 Å². The molecule has 2 rings (SSSR count). The topological polar surface area (TPSA) is 39.7 Å². The Morgan fingerprint density at radius 3 is 2.36 bits per heavy atom. The van der Waals surface area contributed by atoms with Crippen molar-refractivity contribution in [2.45, 2.75) is 38.4 Å². The molecule has 140 valence electrons. The van der Waals surface area contributed by atoms with E-state index in [1.54, 1.807) is 7.05 Å². The number of hydrogen-bond donors (Lipinski definition) is 2. The lowest BCUT2D eigenvalue weighted by Gasteiger charge is -2.15. The standard InChI is InChI=1S/C18H27F3N4/c1-22-17(23-10-2-3-11-25-12-4-5-13-25)24-14-15-6-8-16(9-7-15)18(19,20)21/h6-9H,2-5,10-14H2,1H3,(H2,22,23,24). The zero-order chi connectivity index (χ0) is 18.1. The molecule has 0 aromatic heterocycles. The first-order valence-electron chi connectivity index (χ1n) is 8.82. The number of aliphatic imine (C=N–C) groups is 1. The highest BCUT2D eigenvalue weighted by Crippen LogP contribution is 2.29. The highest BCUT2D eigenvalue weighted by molar-refractivity contribution is 5.79. The summed E-state index contributed by atoms with van der Waals surface area (Å²) >= 11 is 0. The van der Waals surface area contributed by atoms with E-state index in [0.717, 1.165) is 43.6 Å². The van der Waals surface area contributed by atoms with Gasteiger partial charge in [-0.1, -0.05) is 12.1 Å². The monoisotopic (exact) mass is 356 g/mol. The van der Waals surface area contributed by atoms with Crippen LogP contribution in [0.2, 0.25) is 0 Å². The predicted octanol–water partition coefficient (Wildman–Crippen LogP) is 3.25. The molecule has 7 heteroatoms. The molecule has 0 atom stereocenters. The Morgan fingerprint density at radius 2 is 1.76 bits per heavy atom. The van der Waals surface area contributed by atoms with Gasteiger partial charge >= 0.3 is 6.18 Å². The highest BCUT2D eigenvalue weighted by atomic mass is 19.4. The van der Waals surface area contributed by atoms with Crippen molar-refractivity contribution in [1.29, 1.82) is 0 Å². The van der Waals surface area contributed by atoms with Crippen molar-refractivity contribution in [1.82, 2.24) is 15.5 Å². The van der Waals surface area contributed by atoms with E-state index >= 15 is 0 Å². The van der Waals surface area contributed by atoms with Gasteiger partial charge < -0.3 is 15.5 Å².